The predicted octanol–water partition coefficient (Wildman–Crippen LogP) is 3.47. The smallest absolute Gasteiger partial charge is 0.312 e. The summed E-state index contributed by atoms with van der Waals surface area (Å²) in [6, 6.07) is 17.5. The number of primary amides is 1. The van der Waals surface area contributed by atoms with Gasteiger partial charge in [-0.25, -0.2) is 14.8 Å². The maximum Gasteiger partial charge on any atom is 0.312 e. The van der Waals surface area contributed by atoms with Gasteiger partial charge >= 0.3 is 6.03 Å². The molecule has 0 atom stereocenters. The van der Waals surface area contributed by atoms with Crippen LogP contribution in [0.2, 0.25) is 0 Å². The summed E-state index contributed by atoms with van der Waals surface area (Å²) in [7, 11) is 0. The van der Waals surface area contributed by atoms with Gasteiger partial charge in [-0.05, 0) is 43.4 Å². The van der Waals surface area contributed by atoms with Gasteiger partial charge in [0.15, 0.2) is 0 Å². The molecule has 8 heteroatoms. The van der Waals surface area contributed by atoms with E-state index in [2.05, 4.69) is 27.8 Å². The van der Waals surface area contributed by atoms with Gasteiger partial charge in [-0.3, -0.25) is 4.57 Å². The fraction of sp³-hybridized carbons (Fsp3) is 0.250. The number of carbonyl (C=O) groups is 1. The van der Waals surface area contributed by atoms with Crippen molar-refractivity contribution in [2.75, 3.05) is 5.32 Å². The lowest BCUT2D eigenvalue weighted by molar-refractivity contribution is 0.248. The molecule has 0 aliphatic heterocycles. The molecule has 2 aromatic carbocycles. The Labute approximate surface area is 185 Å². The molecule has 8 nitrogen and oxygen atoms in total. The summed E-state index contributed by atoms with van der Waals surface area (Å²) < 4.78 is 1.91. The van der Waals surface area contributed by atoms with E-state index in [1.165, 1.54) is 11.1 Å². The number of anilines is 1. The van der Waals surface area contributed by atoms with E-state index in [0.29, 0.717) is 18.3 Å². The first-order valence-corrected chi connectivity index (χ1v) is 10.9. The molecule has 1 aliphatic carbocycles. The molecule has 2 heterocycles. The summed E-state index contributed by atoms with van der Waals surface area (Å²) in [5.74, 6) is 2.05. The molecule has 2 aromatic heterocycles. The number of rotatable bonds is 6. The Morgan fingerprint density at radius 3 is 2.56 bits per heavy atom. The number of urea groups is 1. The van der Waals surface area contributed by atoms with Crippen LogP contribution >= 0.6 is 0 Å². The number of nitrogens with zero attached hydrogens (tertiary/aromatic N) is 4. The van der Waals surface area contributed by atoms with Crippen LogP contribution in [0, 0.1) is 0 Å². The SMILES string of the molecule is NC(=O)NCc1nc2ccccc2n1-c1nc2c(c(NCc3ccccc3)n1)CCCC2. The second kappa shape index (κ2) is 8.66. The third-order valence-corrected chi connectivity index (χ3v) is 5.73. The van der Waals surface area contributed by atoms with E-state index in [1.54, 1.807) is 0 Å². The van der Waals surface area contributed by atoms with Crippen LogP contribution in [0.25, 0.3) is 17.0 Å². The molecular weight excluding hydrogens is 402 g/mol. The third kappa shape index (κ3) is 3.99. The summed E-state index contributed by atoms with van der Waals surface area (Å²) in [5.41, 5.74) is 10.5. The second-order valence-electron chi connectivity index (χ2n) is 7.91. The number of hydrogen-bond donors (Lipinski definition) is 3. The van der Waals surface area contributed by atoms with Crippen molar-refractivity contribution in [1.29, 1.82) is 0 Å². The van der Waals surface area contributed by atoms with Crippen LogP contribution in [-0.4, -0.2) is 25.6 Å². The minimum absolute atomic E-state index is 0.192. The molecule has 0 saturated heterocycles. The van der Waals surface area contributed by atoms with Gasteiger partial charge in [-0.1, -0.05) is 42.5 Å². The summed E-state index contributed by atoms with van der Waals surface area (Å²) in [6.07, 6.45) is 4.14. The molecule has 0 unspecified atom stereocenters. The van der Waals surface area contributed by atoms with Crippen molar-refractivity contribution in [3.8, 4) is 5.95 Å². The number of para-hydroxylation sites is 2. The number of carbonyl (C=O) groups excluding carboxylic acids is 1. The van der Waals surface area contributed by atoms with E-state index >= 15 is 0 Å². The van der Waals surface area contributed by atoms with E-state index in [1.807, 2.05) is 47.0 Å². The Bertz CT molecular complexity index is 1270. The second-order valence-corrected chi connectivity index (χ2v) is 7.91. The topological polar surface area (TPSA) is 111 Å². The molecule has 162 valence electrons. The van der Waals surface area contributed by atoms with Gasteiger partial charge in [-0.15, -0.1) is 0 Å². The first-order valence-electron chi connectivity index (χ1n) is 10.9. The van der Waals surface area contributed by atoms with Crippen LogP contribution in [0.1, 0.15) is 35.5 Å². The summed E-state index contributed by atoms with van der Waals surface area (Å²) in [6.45, 7) is 0.877. The van der Waals surface area contributed by atoms with Gasteiger partial charge in [0.2, 0.25) is 5.95 Å². The predicted molar refractivity (Wildman–Crippen MR) is 123 cm³/mol. The average Bonchev–Trinajstić information content (AvgIpc) is 3.20. The van der Waals surface area contributed by atoms with Crippen LogP contribution in [0.15, 0.2) is 54.6 Å². The zero-order valence-corrected chi connectivity index (χ0v) is 17.7. The minimum Gasteiger partial charge on any atom is -0.366 e. The highest BCUT2D eigenvalue weighted by Gasteiger charge is 2.21. The third-order valence-electron chi connectivity index (χ3n) is 5.73. The zero-order chi connectivity index (χ0) is 21.9. The van der Waals surface area contributed by atoms with E-state index in [0.717, 1.165) is 48.2 Å². The minimum atomic E-state index is -0.597. The van der Waals surface area contributed by atoms with E-state index < -0.39 is 6.03 Å². The number of nitrogens with two attached hydrogens (primary N) is 1. The highest BCUT2D eigenvalue weighted by molar-refractivity contribution is 5.78. The normalized spacial score (nSPS) is 13.0. The molecule has 0 saturated carbocycles. The number of imidazole rings is 1. The van der Waals surface area contributed by atoms with Gasteiger partial charge < -0.3 is 16.4 Å². The molecule has 4 aromatic rings. The van der Waals surface area contributed by atoms with Gasteiger partial charge in [0.05, 0.1) is 23.3 Å². The number of aromatic nitrogens is 4. The standard InChI is InChI=1S/C24H25N7O/c25-23(32)27-15-21-28-19-12-6-7-13-20(19)31(21)24-29-18-11-5-4-10-17(18)22(30-24)26-14-16-8-2-1-3-9-16/h1-3,6-9,12-13H,4-5,10-11,14-15H2,(H3,25,27,32)(H,26,29,30). The molecule has 32 heavy (non-hydrogen) atoms. The Kier molecular flexibility index (Phi) is 5.41. The number of benzene rings is 2. The Hall–Kier alpha value is -3.94. The molecule has 1 aliphatic rings. The van der Waals surface area contributed by atoms with Gasteiger partial charge in [0.1, 0.15) is 11.6 Å². The first-order chi connectivity index (χ1) is 15.7. The lowest BCUT2D eigenvalue weighted by atomic mass is 9.96. The number of hydrogen-bond acceptors (Lipinski definition) is 5. The molecule has 0 radical (unpaired) electrons. The van der Waals surface area contributed by atoms with E-state index in [4.69, 9.17) is 15.7 Å². The lowest BCUT2D eigenvalue weighted by Crippen LogP contribution is -2.30. The highest BCUT2D eigenvalue weighted by Crippen LogP contribution is 2.28. The number of aryl methyl sites for hydroxylation is 1. The van der Waals surface area contributed by atoms with Crippen molar-refractivity contribution in [1.82, 2.24) is 24.8 Å². The Balaban J connectivity index is 1.59. The zero-order valence-electron chi connectivity index (χ0n) is 17.7. The van der Waals surface area contributed by atoms with Crippen molar-refractivity contribution < 1.29 is 4.79 Å². The van der Waals surface area contributed by atoms with Crippen LogP contribution < -0.4 is 16.4 Å². The largest absolute Gasteiger partial charge is 0.366 e. The molecule has 0 fully saturated rings. The van der Waals surface area contributed by atoms with Crippen molar-refractivity contribution in [3.05, 3.63) is 77.2 Å². The van der Waals surface area contributed by atoms with Gasteiger partial charge in [0.25, 0.3) is 0 Å². The molecule has 0 spiro atoms. The summed E-state index contributed by atoms with van der Waals surface area (Å²) >= 11 is 0. The fourth-order valence-corrected chi connectivity index (χ4v) is 4.19. The van der Waals surface area contributed by atoms with Crippen LogP contribution in [0.5, 0.6) is 0 Å². The Morgan fingerprint density at radius 2 is 1.72 bits per heavy atom. The fourth-order valence-electron chi connectivity index (χ4n) is 4.19. The molecule has 4 N–H and O–H groups in total. The molecule has 2 amide bonds. The van der Waals surface area contributed by atoms with E-state index in [-0.39, 0.29) is 6.54 Å². The van der Waals surface area contributed by atoms with Crippen molar-refractivity contribution >= 4 is 22.9 Å². The first kappa shape index (κ1) is 20.0. The molecular formula is C24H25N7O. The van der Waals surface area contributed by atoms with Crippen molar-refractivity contribution in [2.24, 2.45) is 5.73 Å². The van der Waals surface area contributed by atoms with Gasteiger partial charge in [-0.2, -0.15) is 4.98 Å². The van der Waals surface area contributed by atoms with Crippen LogP contribution in [-0.2, 0) is 25.9 Å². The maximum atomic E-state index is 11.3. The quantitative estimate of drug-likeness (QED) is 0.436. The number of nitrogens with one attached hydrogen (secondary N) is 2. The number of fused-ring (bicyclic) bond motifs is 2. The molecule has 0 bridgehead atoms. The lowest BCUT2D eigenvalue weighted by Gasteiger charge is -2.21. The van der Waals surface area contributed by atoms with Crippen LogP contribution in [0.3, 0.4) is 0 Å². The summed E-state index contributed by atoms with van der Waals surface area (Å²) in [5, 5.41) is 6.18. The van der Waals surface area contributed by atoms with Crippen molar-refractivity contribution in [2.45, 2.75) is 38.8 Å². The monoisotopic (exact) mass is 427 g/mol. The van der Waals surface area contributed by atoms with Crippen LogP contribution in [0.4, 0.5) is 10.6 Å². The van der Waals surface area contributed by atoms with E-state index in [9.17, 15) is 4.79 Å². The van der Waals surface area contributed by atoms with Crippen molar-refractivity contribution in [3.63, 3.8) is 0 Å². The average molecular weight is 428 g/mol. The number of amides is 2. The maximum absolute atomic E-state index is 11.3. The van der Waals surface area contributed by atoms with Gasteiger partial charge in [0, 0.05) is 12.1 Å². The highest BCUT2D eigenvalue weighted by atomic mass is 16.2. The summed E-state index contributed by atoms with van der Waals surface area (Å²) in [4.78, 5) is 25.9. The molecule has 5 rings (SSSR count). The Morgan fingerprint density at radius 1 is 0.938 bits per heavy atom.